The van der Waals surface area contributed by atoms with Crippen molar-refractivity contribution in [2.45, 2.75) is 6.42 Å². The molecule has 1 amide bonds. The van der Waals surface area contributed by atoms with Crippen molar-refractivity contribution < 1.29 is 4.79 Å². The molecule has 0 saturated carbocycles. The van der Waals surface area contributed by atoms with Crippen LogP contribution in [0.2, 0.25) is 0 Å². The highest BCUT2D eigenvalue weighted by atomic mass is 32.1. The van der Waals surface area contributed by atoms with E-state index >= 15 is 0 Å². The lowest BCUT2D eigenvalue weighted by atomic mass is 10.2. The maximum Gasteiger partial charge on any atom is 0.261 e. The molecule has 0 bridgehead atoms. The van der Waals surface area contributed by atoms with Crippen LogP contribution in [0.3, 0.4) is 0 Å². The third kappa shape index (κ3) is 1.61. The Morgan fingerprint density at radius 3 is 2.88 bits per heavy atom. The fourth-order valence-corrected chi connectivity index (χ4v) is 2.83. The van der Waals surface area contributed by atoms with E-state index in [0.29, 0.717) is 10.6 Å². The van der Waals surface area contributed by atoms with Gasteiger partial charge in [-0.2, -0.15) is 0 Å². The van der Waals surface area contributed by atoms with Crippen molar-refractivity contribution in [3.63, 3.8) is 0 Å². The Balaban J connectivity index is 1.98. The van der Waals surface area contributed by atoms with Gasteiger partial charge in [-0.3, -0.25) is 4.79 Å². The van der Waals surface area contributed by atoms with E-state index in [-0.39, 0.29) is 5.91 Å². The third-order valence-electron chi connectivity index (χ3n) is 3.06. The molecule has 2 N–H and O–H groups in total. The molecule has 0 aliphatic carbocycles. The second-order valence-corrected chi connectivity index (χ2v) is 4.98. The van der Waals surface area contributed by atoms with Crippen molar-refractivity contribution in [1.29, 1.82) is 0 Å². The first-order chi connectivity index (χ1) is 8.27. The molecule has 86 valence electrons. The lowest BCUT2D eigenvalue weighted by Crippen LogP contribution is -2.29. The molecule has 0 radical (unpaired) electrons. The summed E-state index contributed by atoms with van der Waals surface area (Å²) in [5.41, 5.74) is 8.67. The largest absolute Gasteiger partial charge is 0.390 e. The summed E-state index contributed by atoms with van der Waals surface area (Å²) in [6.45, 7) is 0.744. The summed E-state index contributed by atoms with van der Waals surface area (Å²) in [6.07, 6.45) is 0.923. The molecule has 0 unspecified atom stereocenters. The summed E-state index contributed by atoms with van der Waals surface area (Å²) >= 11 is 1.40. The van der Waals surface area contributed by atoms with Gasteiger partial charge >= 0.3 is 0 Å². The van der Waals surface area contributed by atoms with E-state index in [1.165, 1.54) is 16.9 Å². The second kappa shape index (κ2) is 3.89. The number of rotatable bonds is 1. The van der Waals surface area contributed by atoms with Crippen LogP contribution in [0.4, 0.5) is 10.7 Å². The minimum Gasteiger partial charge on any atom is -0.390 e. The highest BCUT2D eigenvalue weighted by Gasteiger charge is 2.26. The van der Waals surface area contributed by atoms with E-state index in [2.05, 4.69) is 6.07 Å². The standard InChI is InChI=1S/C13H12N2OS/c14-12-10(6-8-17-12)13(16)15-7-5-9-3-1-2-4-11(9)15/h1-4,6,8H,5,7,14H2. The van der Waals surface area contributed by atoms with Gasteiger partial charge in [0.25, 0.3) is 5.91 Å². The Morgan fingerprint density at radius 2 is 2.12 bits per heavy atom. The molecule has 0 saturated heterocycles. The zero-order chi connectivity index (χ0) is 11.8. The number of nitrogen functional groups attached to an aromatic ring is 1. The fourth-order valence-electron chi connectivity index (χ4n) is 2.19. The Kier molecular flexibility index (Phi) is 2.37. The average molecular weight is 244 g/mol. The maximum absolute atomic E-state index is 12.3. The van der Waals surface area contributed by atoms with Crippen molar-refractivity contribution in [1.82, 2.24) is 0 Å². The van der Waals surface area contributed by atoms with Gasteiger partial charge < -0.3 is 10.6 Å². The van der Waals surface area contributed by atoms with E-state index in [9.17, 15) is 4.79 Å². The van der Waals surface area contributed by atoms with Crippen LogP contribution in [-0.4, -0.2) is 12.5 Å². The predicted octanol–water partition coefficient (Wildman–Crippen LogP) is 2.53. The van der Waals surface area contributed by atoms with E-state index in [1.807, 2.05) is 28.5 Å². The molecule has 1 aromatic carbocycles. The zero-order valence-corrected chi connectivity index (χ0v) is 10.0. The summed E-state index contributed by atoms with van der Waals surface area (Å²) < 4.78 is 0. The summed E-state index contributed by atoms with van der Waals surface area (Å²) in [5.74, 6) is 0.00806. The third-order valence-corrected chi connectivity index (χ3v) is 3.80. The van der Waals surface area contributed by atoms with Crippen LogP contribution in [-0.2, 0) is 6.42 Å². The molecule has 4 heteroatoms. The van der Waals surface area contributed by atoms with Crippen LogP contribution in [0.1, 0.15) is 15.9 Å². The highest BCUT2D eigenvalue weighted by molar-refractivity contribution is 7.14. The number of amides is 1. The van der Waals surface area contributed by atoms with E-state index in [0.717, 1.165) is 18.7 Å². The monoisotopic (exact) mass is 244 g/mol. The first kappa shape index (κ1) is 10.4. The summed E-state index contributed by atoms with van der Waals surface area (Å²) in [5, 5.41) is 2.45. The number of nitrogens with zero attached hydrogens (tertiary/aromatic N) is 1. The van der Waals surface area contributed by atoms with Crippen molar-refractivity contribution in [3.8, 4) is 0 Å². The molecule has 2 aromatic rings. The smallest absolute Gasteiger partial charge is 0.261 e. The Morgan fingerprint density at radius 1 is 1.29 bits per heavy atom. The molecule has 3 rings (SSSR count). The molecule has 1 aromatic heterocycles. The van der Waals surface area contributed by atoms with E-state index in [1.54, 1.807) is 6.07 Å². The second-order valence-electron chi connectivity index (χ2n) is 4.03. The molecule has 17 heavy (non-hydrogen) atoms. The number of carbonyl (C=O) groups excluding carboxylic acids is 1. The highest BCUT2D eigenvalue weighted by Crippen LogP contribution is 2.30. The topological polar surface area (TPSA) is 46.3 Å². The van der Waals surface area contributed by atoms with Gasteiger partial charge in [-0.15, -0.1) is 11.3 Å². The number of carbonyl (C=O) groups is 1. The molecule has 2 heterocycles. The average Bonchev–Trinajstić information content (AvgIpc) is 2.94. The normalized spacial score (nSPS) is 13.8. The van der Waals surface area contributed by atoms with Gasteiger partial charge in [0.15, 0.2) is 0 Å². The van der Waals surface area contributed by atoms with Gasteiger partial charge in [0.1, 0.15) is 0 Å². The molecule has 1 aliphatic rings. The first-order valence-corrected chi connectivity index (χ1v) is 6.38. The van der Waals surface area contributed by atoms with Gasteiger partial charge in [-0.05, 0) is 29.5 Å². The van der Waals surface area contributed by atoms with Crippen molar-refractivity contribution in [2.75, 3.05) is 17.2 Å². The van der Waals surface area contributed by atoms with Crippen LogP contribution in [0.25, 0.3) is 0 Å². The number of para-hydroxylation sites is 1. The minimum atomic E-state index is 0.00806. The molecular weight excluding hydrogens is 232 g/mol. The zero-order valence-electron chi connectivity index (χ0n) is 9.22. The van der Waals surface area contributed by atoms with Crippen molar-refractivity contribution in [3.05, 3.63) is 46.8 Å². The number of anilines is 2. The summed E-state index contributed by atoms with van der Waals surface area (Å²) in [6, 6.07) is 9.82. The van der Waals surface area contributed by atoms with Crippen LogP contribution in [0.15, 0.2) is 35.7 Å². The number of hydrogen-bond acceptors (Lipinski definition) is 3. The van der Waals surface area contributed by atoms with E-state index in [4.69, 9.17) is 5.73 Å². The lowest BCUT2D eigenvalue weighted by Gasteiger charge is -2.16. The summed E-state index contributed by atoms with van der Waals surface area (Å²) in [7, 11) is 0. The van der Waals surface area contributed by atoms with Gasteiger partial charge in [0.2, 0.25) is 0 Å². The van der Waals surface area contributed by atoms with Crippen molar-refractivity contribution in [2.24, 2.45) is 0 Å². The van der Waals surface area contributed by atoms with Crippen LogP contribution < -0.4 is 10.6 Å². The lowest BCUT2D eigenvalue weighted by molar-refractivity contribution is 0.0990. The number of benzene rings is 1. The van der Waals surface area contributed by atoms with Crippen LogP contribution >= 0.6 is 11.3 Å². The summed E-state index contributed by atoms with van der Waals surface area (Å²) in [4.78, 5) is 14.2. The Hall–Kier alpha value is -1.81. The maximum atomic E-state index is 12.3. The van der Waals surface area contributed by atoms with Gasteiger partial charge in [0, 0.05) is 12.2 Å². The molecule has 1 aliphatic heterocycles. The van der Waals surface area contributed by atoms with Crippen LogP contribution in [0, 0.1) is 0 Å². The number of thiophene rings is 1. The molecular formula is C13H12N2OS. The Bertz CT molecular complexity index is 576. The molecule has 0 fully saturated rings. The quantitative estimate of drug-likeness (QED) is 0.838. The first-order valence-electron chi connectivity index (χ1n) is 5.50. The van der Waals surface area contributed by atoms with E-state index < -0.39 is 0 Å². The van der Waals surface area contributed by atoms with Gasteiger partial charge in [-0.1, -0.05) is 18.2 Å². The fraction of sp³-hybridized carbons (Fsp3) is 0.154. The minimum absolute atomic E-state index is 0.00806. The molecule has 0 atom stereocenters. The molecule has 3 nitrogen and oxygen atoms in total. The number of hydrogen-bond donors (Lipinski definition) is 1. The number of nitrogens with two attached hydrogens (primary N) is 1. The predicted molar refractivity (Wildman–Crippen MR) is 70.6 cm³/mol. The van der Waals surface area contributed by atoms with Crippen LogP contribution in [0.5, 0.6) is 0 Å². The number of fused-ring (bicyclic) bond motifs is 1. The van der Waals surface area contributed by atoms with Crippen molar-refractivity contribution >= 4 is 27.9 Å². The Labute approximate surface area is 103 Å². The molecule has 0 spiro atoms. The van der Waals surface area contributed by atoms with Gasteiger partial charge in [-0.25, -0.2) is 0 Å². The SMILES string of the molecule is Nc1sccc1C(=O)N1CCc2ccccc21. The van der Waals surface area contributed by atoms with Gasteiger partial charge in [0.05, 0.1) is 10.6 Å².